The highest BCUT2D eigenvalue weighted by atomic mass is 16.3. The third-order valence-electron chi connectivity index (χ3n) is 7.58. The molecule has 2 amide bonds. The first-order chi connectivity index (χ1) is 14.9. The molecule has 4 aliphatic carbocycles. The Labute approximate surface area is 182 Å². The summed E-state index contributed by atoms with van der Waals surface area (Å²) in [5, 5.41) is 19.0. The van der Waals surface area contributed by atoms with Gasteiger partial charge in [0.2, 0.25) is 5.91 Å². The lowest BCUT2D eigenvalue weighted by molar-refractivity contribution is -0.148. The summed E-state index contributed by atoms with van der Waals surface area (Å²) in [5.41, 5.74) is 2.78. The first-order valence-electron chi connectivity index (χ1n) is 11.3. The van der Waals surface area contributed by atoms with Gasteiger partial charge in [0.1, 0.15) is 11.8 Å². The predicted molar refractivity (Wildman–Crippen MR) is 120 cm³/mol. The van der Waals surface area contributed by atoms with E-state index in [-0.39, 0.29) is 23.0 Å². The lowest BCUT2D eigenvalue weighted by atomic mass is 9.49. The zero-order valence-electron chi connectivity index (χ0n) is 17.8. The van der Waals surface area contributed by atoms with Gasteiger partial charge in [0.15, 0.2) is 0 Å². The molecule has 0 saturated heterocycles. The van der Waals surface area contributed by atoms with E-state index < -0.39 is 6.04 Å². The molecule has 4 aliphatic rings. The molecule has 162 valence electrons. The monoisotopic (exact) mass is 419 g/mol. The molecule has 6 heteroatoms. The van der Waals surface area contributed by atoms with Gasteiger partial charge in [-0.1, -0.05) is 30.3 Å². The molecule has 0 radical (unpaired) electrons. The quantitative estimate of drug-likeness (QED) is 0.510. The van der Waals surface area contributed by atoms with Crippen LogP contribution in [-0.2, 0) is 9.59 Å². The minimum absolute atomic E-state index is 0.0323. The van der Waals surface area contributed by atoms with Crippen molar-refractivity contribution in [3.8, 4) is 5.75 Å². The van der Waals surface area contributed by atoms with Crippen LogP contribution < -0.4 is 10.7 Å². The van der Waals surface area contributed by atoms with E-state index in [4.69, 9.17) is 0 Å². The van der Waals surface area contributed by atoms with E-state index in [1.165, 1.54) is 25.5 Å². The maximum atomic E-state index is 13.1. The van der Waals surface area contributed by atoms with Crippen LogP contribution in [-0.4, -0.2) is 29.2 Å². The molecule has 4 bridgehead atoms. The van der Waals surface area contributed by atoms with Gasteiger partial charge in [-0.3, -0.25) is 9.59 Å². The third-order valence-corrected chi connectivity index (χ3v) is 7.58. The number of hydrogen-bond donors (Lipinski definition) is 3. The van der Waals surface area contributed by atoms with Crippen LogP contribution in [0, 0.1) is 23.2 Å². The van der Waals surface area contributed by atoms with Crippen LogP contribution in [0.4, 0.5) is 0 Å². The number of hydrazone groups is 1. The molecule has 3 N–H and O–H groups in total. The van der Waals surface area contributed by atoms with Crippen molar-refractivity contribution in [2.24, 2.45) is 28.3 Å². The number of carbonyl (C=O) groups is 2. The Hall–Kier alpha value is -2.89. The predicted octanol–water partition coefficient (Wildman–Crippen LogP) is 3.72. The SMILES string of the molecule is CC(NC(=O)C12CC3CC(CC(C3)C1)C2)C(=O)N/N=C/c1c(O)ccc2ccccc12. The van der Waals surface area contributed by atoms with Gasteiger partial charge in [-0.2, -0.15) is 5.10 Å². The second-order valence-corrected chi connectivity index (χ2v) is 9.85. The highest BCUT2D eigenvalue weighted by Crippen LogP contribution is 2.60. The smallest absolute Gasteiger partial charge is 0.262 e. The molecule has 0 aromatic heterocycles. The maximum Gasteiger partial charge on any atom is 0.262 e. The van der Waals surface area contributed by atoms with Gasteiger partial charge in [0.05, 0.1) is 6.21 Å². The summed E-state index contributed by atoms with van der Waals surface area (Å²) in [6.07, 6.45) is 8.19. The molecule has 1 atom stereocenters. The van der Waals surface area contributed by atoms with E-state index in [0.29, 0.717) is 23.3 Å². The van der Waals surface area contributed by atoms with Gasteiger partial charge >= 0.3 is 0 Å². The fraction of sp³-hybridized carbons (Fsp3) is 0.480. The second-order valence-electron chi connectivity index (χ2n) is 9.85. The molecule has 2 aromatic rings. The van der Waals surface area contributed by atoms with Gasteiger partial charge in [-0.25, -0.2) is 5.43 Å². The summed E-state index contributed by atoms with van der Waals surface area (Å²) in [4.78, 5) is 25.7. The largest absolute Gasteiger partial charge is 0.507 e. The highest BCUT2D eigenvalue weighted by molar-refractivity contribution is 6.02. The van der Waals surface area contributed by atoms with Gasteiger partial charge < -0.3 is 10.4 Å². The Morgan fingerprint density at radius 2 is 1.71 bits per heavy atom. The number of benzene rings is 2. The Balaban J connectivity index is 1.23. The number of amides is 2. The molecule has 31 heavy (non-hydrogen) atoms. The average molecular weight is 420 g/mol. The Bertz CT molecular complexity index is 1030. The first kappa shape index (κ1) is 20.0. The van der Waals surface area contributed by atoms with Crippen LogP contribution in [0.25, 0.3) is 10.8 Å². The lowest BCUT2D eigenvalue weighted by Gasteiger charge is -2.55. The van der Waals surface area contributed by atoms with Gasteiger partial charge in [-0.15, -0.1) is 0 Å². The molecule has 2 aromatic carbocycles. The van der Waals surface area contributed by atoms with Crippen molar-refractivity contribution in [2.75, 3.05) is 0 Å². The summed E-state index contributed by atoms with van der Waals surface area (Å²) in [5.74, 6) is 1.80. The highest BCUT2D eigenvalue weighted by Gasteiger charge is 2.54. The summed E-state index contributed by atoms with van der Waals surface area (Å²) >= 11 is 0. The van der Waals surface area contributed by atoms with E-state index in [2.05, 4.69) is 15.8 Å². The van der Waals surface area contributed by atoms with Gasteiger partial charge in [-0.05, 0) is 80.0 Å². The number of phenols is 1. The minimum atomic E-state index is -0.668. The molecular formula is C25H29N3O3. The van der Waals surface area contributed by atoms with Crippen LogP contribution in [0.3, 0.4) is 0 Å². The standard InChI is InChI=1S/C25H29N3O3/c1-15(27-24(31)25-11-16-8-17(12-25)10-18(9-16)13-25)23(30)28-26-14-21-20-5-3-2-4-19(20)6-7-22(21)29/h2-7,14-18,29H,8-13H2,1H3,(H,27,31)(H,28,30)/b26-14+. The van der Waals surface area contributed by atoms with Crippen molar-refractivity contribution >= 4 is 28.8 Å². The molecule has 0 heterocycles. The van der Waals surface area contributed by atoms with Crippen molar-refractivity contribution in [1.82, 2.24) is 10.7 Å². The van der Waals surface area contributed by atoms with Gasteiger partial charge in [0, 0.05) is 11.0 Å². The van der Waals surface area contributed by atoms with Crippen molar-refractivity contribution in [3.63, 3.8) is 0 Å². The Morgan fingerprint density at radius 1 is 1.06 bits per heavy atom. The molecule has 4 saturated carbocycles. The topological polar surface area (TPSA) is 90.8 Å². The summed E-state index contributed by atoms with van der Waals surface area (Å²) in [7, 11) is 0. The number of rotatable bonds is 5. The number of nitrogens with one attached hydrogen (secondary N) is 2. The number of fused-ring (bicyclic) bond motifs is 1. The lowest BCUT2D eigenvalue weighted by Crippen LogP contribution is -2.56. The van der Waals surface area contributed by atoms with E-state index in [1.54, 1.807) is 13.0 Å². The van der Waals surface area contributed by atoms with E-state index in [0.717, 1.165) is 30.0 Å². The van der Waals surface area contributed by atoms with Crippen LogP contribution in [0.1, 0.15) is 51.0 Å². The zero-order chi connectivity index (χ0) is 21.6. The maximum absolute atomic E-state index is 13.1. The van der Waals surface area contributed by atoms with E-state index in [1.807, 2.05) is 30.3 Å². The van der Waals surface area contributed by atoms with E-state index >= 15 is 0 Å². The van der Waals surface area contributed by atoms with Crippen molar-refractivity contribution < 1.29 is 14.7 Å². The minimum Gasteiger partial charge on any atom is -0.507 e. The molecule has 0 spiro atoms. The zero-order valence-corrected chi connectivity index (χ0v) is 17.8. The molecule has 6 rings (SSSR count). The van der Waals surface area contributed by atoms with Crippen LogP contribution >= 0.6 is 0 Å². The van der Waals surface area contributed by atoms with Crippen LogP contribution in [0.15, 0.2) is 41.5 Å². The second kappa shape index (κ2) is 7.66. The van der Waals surface area contributed by atoms with Crippen LogP contribution in [0.5, 0.6) is 5.75 Å². The average Bonchev–Trinajstić information content (AvgIpc) is 2.74. The van der Waals surface area contributed by atoms with Crippen molar-refractivity contribution in [3.05, 3.63) is 42.0 Å². The normalized spacial score (nSPS) is 29.9. The number of nitrogens with zero attached hydrogens (tertiary/aromatic N) is 1. The van der Waals surface area contributed by atoms with Crippen LogP contribution in [0.2, 0.25) is 0 Å². The third kappa shape index (κ3) is 3.68. The summed E-state index contributed by atoms with van der Waals surface area (Å²) in [6, 6.07) is 10.4. The fourth-order valence-corrected chi connectivity index (χ4v) is 6.48. The summed E-state index contributed by atoms with van der Waals surface area (Å²) in [6.45, 7) is 1.69. The van der Waals surface area contributed by atoms with E-state index in [9.17, 15) is 14.7 Å². The number of phenolic OH excluding ortho intramolecular Hbond substituents is 1. The molecule has 0 aliphatic heterocycles. The molecular weight excluding hydrogens is 390 g/mol. The number of carbonyl (C=O) groups excluding carboxylic acids is 2. The van der Waals surface area contributed by atoms with Gasteiger partial charge in [0.25, 0.3) is 5.91 Å². The molecule has 4 fully saturated rings. The molecule has 6 nitrogen and oxygen atoms in total. The fourth-order valence-electron chi connectivity index (χ4n) is 6.48. The van der Waals surface area contributed by atoms with Crippen molar-refractivity contribution in [1.29, 1.82) is 0 Å². The van der Waals surface area contributed by atoms with Crippen molar-refractivity contribution in [2.45, 2.75) is 51.5 Å². The molecule has 1 unspecified atom stereocenters. The first-order valence-corrected chi connectivity index (χ1v) is 11.3. The Kier molecular flexibility index (Phi) is 4.95. The summed E-state index contributed by atoms with van der Waals surface area (Å²) < 4.78 is 0. The number of hydrogen-bond acceptors (Lipinski definition) is 4. The number of aromatic hydroxyl groups is 1. The Morgan fingerprint density at radius 3 is 2.39 bits per heavy atom.